The molecule has 2 N–H and O–H groups in total. The molecule has 116 valence electrons. The molecule has 0 saturated carbocycles. The smallest absolute Gasteiger partial charge is 0.240 e. The minimum atomic E-state index is -3.59. The summed E-state index contributed by atoms with van der Waals surface area (Å²) < 4.78 is 32.2. The van der Waals surface area contributed by atoms with Crippen LogP contribution in [0.4, 0.5) is 0 Å². The van der Waals surface area contributed by atoms with Crippen LogP contribution in [0.2, 0.25) is 0 Å². The van der Waals surface area contributed by atoms with Gasteiger partial charge >= 0.3 is 0 Å². The van der Waals surface area contributed by atoms with Gasteiger partial charge in [0.15, 0.2) is 0 Å². The number of hydrogen-bond donors (Lipinski definition) is 2. The number of hydrogen-bond acceptors (Lipinski definition) is 4. The van der Waals surface area contributed by atoms with Crippen molar-refractivity contribution in [3.63, 3.8) is 0 Å². The van der Waals surface area contributed by atoms with Crippen LogP contribution in [0.5, 0.6) is 0 Å². The van der Waals surface area contributed by atoms with Gasteiger partial charge in [0, 0.05) is 25.1 Å². The summed E-state index contributed by atoms with van der Waals surface area (Å²) in [5, 5.41) is 8.68. The van der Waals surface area contributed by atoms with Gasteiger partial charge in [0.2, 0.25) is 10.0 Å². The van der Waals surface area contributed by atoms with Gasteiger partial charge in [-0.15, -0.1) is 0 Å². The van der Waals surface area contributed by atoms with Crippen LogP contribution in [0, 0.1) is 11.8 Å². The van der Waals surface area contributed by atoms with Gasteiger partial charge in [-0.3, -0.25) is 0 Å². The van der Waals surface area contributed by atoms with Crippen LogP contribution in [0.25, 0.3) is 0 Å². The maximum atomic E-state index is 12.3. The summed E-state index contributed by atoms with van der Waals surface area (Å²) in [7, 11) is -2.06. The minimum Gasteiger partial charge on any atom is -0.395 e. The molecule has 5 nitrogen and oxygen atoms in total. The first-order valence-electron chi connectivity index (χ1n) is 6.74. The summed E-state index contributed by atoms with van der Waals surface area (Å²) >= 11 is 0. The van der Waals surface area contributed by atoms with Gasteiger partial charge < -0.3 is 9.84 Å². The van der Waals surface area contributed by atoms with E-state index in [-0.39, 0.29) is 17.5 Å². The SMILES string of the molecule is CCC(COC)NS(=O)(=O)c1cccc(C#CCCO)c1. The molecule has 1 unspecified atom stereocenters. The Labute approximate surface area is 126 Å². The van der Waals surface area contributed by atoms with E-state index in [4.69, 9.17) is 9.84 Å². The highest BCUT2D eigenvalue weighted by Crippen LogP contribution is 2.12. The number of aliphatic hydroxyl groups excluding tert-OH is 1. The second-order valence-corrected chi connectivity index (χ2v) is 6.20. The van der Waals surface area contributed by atoms with Crippen LogP contribution >= 0.6 is 0 Å². The zero-order chi connectivity index (χ0) is 15.7. The molecule has 0 radical (unpaired) electrons. The first-order valence-corrected chi connectivity index (χ1v) is 8.23. The highest BCUT2D eigenvalue weighted by molar-refractivity contribution is 7.89. The van der Waals surface area contributed by atoms with E-state index >= 15 is 0 Å². The Bertz CT molecular complexity index is 602. The average Bonchev–Trinajstić information content (AvgIpc) is 2.47. The van der Waals surface area contributed by atoms with Crippen LogP contribution < -0.4 is 4.72 Å². The molecule has 1 atom stereocenters. The monoisotopic (exact) mass is 311 g/mol. The molecule has 0 bridgehead atoms. The van der Waals surface area contributed by atoms with E-state index in [1.54, 1.807) is 12.1 Å². The fourth-order valence-corrected chi connectivity index (χ4v) is 3.03. The summed E-state index contributed by atoms with van der Waals surface area (Å²) in [6, 6.07) is 6.17. The Balaban J connectivity index is 2.93. The summed E-state index contributed by atoms with van der Waals surface area (Å²) in [6.45, 7) is 2.20. The van der Waals surface area contributed by atoms with Crippen LogP contribution in [0.1, 0.15) is 25.3 Å². The predicted molar refractivity (Wildman–Crippen MR) is 81.3 cm³/mol. The number of sulfonamides is 1. The molecule has 0 saturated heterocycles. The average molecular weight is 311 g/mol. The first kappa shape index (κ1) is 17.7. The van der Waals surface area contributed by atoms with E-state index in [0.717, 1.165) is 0 Å². The second-order valence-electron chi connectivity index (χ2n) is 4.49. The third kappa shape index (κ3) is 5.86. The lowest BCUT2D eigenvalue weighted by Crippen LogP contribution is -2.37. The maximum absolute atomic E-state index is 12.3. The van der Waals surface area contributed by atoms with Crippen LogP contribution in [-0.2, 0) is 14.8 Å². The van der Waals surface area contributed by atoms with Crippen LogP contribution in [0.3, 0.4) is 0 Å². The summed E-state index contributed by atoms with van der Waals surface area (Å²) in [4.78, 5) is 0.174. The highest BCUT2D eigenvalue weighted by Gasteiger charge is 2.19. The molecule has 1 rings (SSSR count). The second kappa shape index (κ2) is 8.80. The minimum absolute atomic E-state index is 0.0122. The van der Waals surface area contributed by atoms with Crippen molar-refractivity contribution in [2.45, 2.75) is 30.7 Å². The molecular formula is C15H21NO4S. The number of methoxy groups -OCH3 is 1. The van der Waals surface area contributed by atoms with Crippen molar-refractivity contribution in [2.24, 2.45) is 0 Å². The van der Waals surface area contributed by atoms with Crippen LogP contribution in [-0.4, -0.2) is 39.9 Å². The lowest BCUT2D eigenvalue weighted by Gasteiger charge is -2.16. The van der Waals surface area contributed by atoms with Crippen molar-refractivity contribution in [1.82, 2.24) is 4.72 Å². The summed E-state index contributed by atoms with van der Waals surface area (Å²) in [6.07, 6.45) is 1.00. The number of ether oxygens (including phenoxy) is 1. The standard InChI is InChI=1S/C15H21NO4S/c1-3-14(12-20-2)16-21(18,19)15-9-6-8-13(11-15)7-4-5-10-17/h6,8-9,11,14,16-17H,3,5,10,12H2,1-2H3. The lowest BCUT2D eigenvalue weighted by molar-refractivity contribution is 0.173. The van der Waals surface area contributed by atoms with E-state index in [9.17, 15) is 8.42 Å². The van der Waals surface area contributed by atoms with Gasteiger partial charge in [-0.1, -0.05) is 24.8 Å². The normalized spacial score (nSPS) is 12.5. The van der Waals surface area contributed by atoms with Crippen molar-refractivity contribution in [3.05, 3.63) is 29.8 Å². The highest BCUT2D eigenvalue weighted by atomic mass is 32.2. The molecule has 6 heteroatoms. The third-order valence-corrected chi connectivity index (χ3v) is 4.31. The lowest BCUT2D eigenvalue weighted by atomic mass is 10.2. The Morgan fingerprint density at radius 3 is 2.81 bits per heavy atom. The molecule has 0 heterocycles. The quantitative estimate of drug-likeness (QED) is 0.740. The van der Waals surface area contributed by atoms with Crippen molar-refractivity contribution < 1.29 is 18.3 Å². The van der Waals surface area contributed by atoms with E-state index < -0.39 is 10.0 Å². The molecule has 0 aliphatic carbocycles. The summed E-state index contributed by atoms with van der Waals surface area (Å²) in [5.41, 5.74) is 0.603. The molecule has 0 amide bonds. The van der Waals surface area contributed by atoms with Gasteiger partial charge in [-0.05, 0) is 24.6 Å². The molecule has 1 aromatic carbocycles. The van der Waals surface area contributed by atoms with Crippen molar-refractivity contribution in [3.8, 4) is 11.8 Å². The Morgan fingerprint density at radius 1 is 1.43 bits per heavy atom. The largest absolute Gasteiger partial charge is 0.395 e. The molecule has 0 spiro atoms. The zero-order valence-electron chi connectivity index (χ0n) is 12.3. The van der Waals surface area contributed by atoms with Crippen molar-refractivity contribution in [2.75, 3.05) is 20.3 Å². The molecule has 0 aliphatic heterocycles. The zero-order valence-corrected chi connectivity index (χ0v) is 13.1. The molecule has 0 aromatic heterocycles. The van der Waals surface area contributed by atoms with E-state index in [1.807, 2.05) is 6.92 Å². The third-order valence-electron chi connectivity index (χ3n) is 2.80. The fraction of sp³-hybridized carbons (Fsp3) is 0.467. The van der Waals surface area contributed by atoms with Gasteiger partial charge in [-0.25, -0.2) is 13.1 Å². The van der Waals surface area contributed by atoms with Gasteiger partial charge in [0.05, 0.1) is 18.1 Å². The van der Waals surface area contributed by atoms with Crippen molar-refractivity contribution >= 4 is 10.0 Å². The molecule has 1 aromatic rings. The Morgan fingerprint density at radius 2 is 2.19 bits per heavy atom. The van der Waals surface area contributed by atoms with Gasteiger partial charge in [-0.2, -0.15) is 0 Å². The van der Waals surface area contributed by atoms with Gasteiger partial charge in [0.1, 0.15) is 0 Å². The molecule has 21 heavy (non-hydrogen) atoms. The molecule has 0 fully saturated rings. The number of aliphatic hydroxyl groups is 1. The van der Waals surface area contributed by atoms with Crippen molar-refractivity contribution in [1.29, 1.82) is 0 Å². The Kier molecular flexibility index (Phi) is 7.40. The van der Waals surface area contributed by atoms with E-state index in [2.05, 4.69) is 16.6 Å². The van der Waals surface area contributed by atoms with Crippen LogP contribution in [0.15, 0.2) is 29.2 Å². The van der Waals surface area contributed by atoms with E-state index in [0.29, 0.717) is 25.0 Å². The van der Waals surface area contributed by atoms with Gasteiger partial charge in [0.25, 0.3) is 0 Å². The topological polar surface area (TPSA) is 75.6 Å². The Hall–Kier alpha value is -1.39. The number of rotatable bonds is 7. The number of nitrogens with one attached hydrogen (secondary N) is 1. The first-order chi connectivity index (χ1) is 10.0. The van der Waals surface area contributed by atoms with E-state index in [1.165, 1.54) is 19.2 Å². The number of benzene rings is 1. The molecule has 0 aliphatic rings. The molecular weight excluding hydrogens is 290 g/mol. The fourth-order valence-electron chi connectivity index (χ4n) is 1.69. The summed E-state index contributed by atoms with van der Waals surface area (Å²) in [5.74, 6) is 5.59. The predicted octanol–water partition coefficient (Wildman–Crippen LogP) is 1.12. The maximum Gasteiger partial charge on any atom is 0.240 e.